The molecule has 3 heteroatoms. The number of thiol groups is 1. The fourth-order valence-electron chi connectivity index (χ4n) is 0.638. The van der Waals surface area contributed by atoms with Crippen molar-refractivity contribution in [1.82, 2.24) is 5.32 Å². The third-order valence-electron chi connectivity index (χ3n) is 1.03. The number of nitrogens with one attached hydrogen (secondary N) is 1. The summed E-state index contributed by atoms with van der Waals surface area (Å²) in [4.78, 5) is 10.9. The summed E-state index contributed by atoms with van der Waals surface area (Å²) >= 11 is 3.97. The van der Waals surface area contributed by atoms with Gasteiger partial charge in [0.2, 0.25) is 5.91 Å². The minimum absolute atomic E-state index is 0.129. The molecule has 0 spiro atoms. The van der Waals surface area contributed by atoms with Gasteiger partial charge in [-0.2, -0.15) is 12.6 Å². The molecule has 0 bridgehead atoms. The van der Waals surface area contributed by atoms with Gasteiger partial charge in [0.15, 0.2) is 0 Å². The van der Waals surface area contributed by atoms with E-state index in [0.717, 1.165) is 0 Å². The zero-order chi connectivity index (χ0) is 7.98. The molecule has 0 aliphatic rings. The molecule has 10 heavy (non-hydrogen) atoms. The molecule has 60 valence electrons. The van der Waals surface area contributed by atoms with Crippen LogP contribution in [0, 0.1) is 5.92 Å². The SMILES string of the molecule is CC(C)CC(=O)NCCS. The fourth-order valence-corrected chi connectivity index (χ4v) is 0.750. The van der Waals surface area contributed by atoms with Crippen molar-refractivity contribution >= 4 is 18.5 Å². The molecule has 0 atom stereocenters. The van der Waals surface area contributed by atoms with Crippen LogP contribution in [-0.4, -0.2) is 18.2 Å². The molecule has 0 saturated carbocycles. The highest BCUT2D eigenvalue weighted by Gasteiger charge is 2.01. The van der Waals surface area contributed by atoms with Crippen molar-refractivity contribution in [3.8, 4) is 0 Å². The largest absolute Gasteiger partial charge is 0.355 e. The molecular formula is C7H15NOS. The Morgan fingerprint density at radius 2 is 2.20 bits per heavy atom. The predicted octanol–water partition coefficient (Wildman–Crippen LogP) is 1.08. The average Bonchev–Trinajstić information content (AvgIpc) is 1.82. The Kier molecular flexibility index (Phi) is 5.49. The quantitative estimate of drug-likeness (QED) is 0.594. The zero-order valence-electron chi connectivity index (χ0n) is 6.55. The third-order valence-corrected chi connectivity index (χ3v) is 1.25. The normalized spacial score (nSPS) is 10.0. The van der Waals surface area contributed by atoms with Gasteiger partial charge in [0, 0.05) is 18.7 Å². The first-order chi connectivity index (χ1) is 4.66. The van der Waals surface area contributed by atoms with Crippen LogP contribution in [0.15, 0.2) is 0 Å². The summed E-state index contributed by atoms with van der Waals surface area (Å²) < 4.78 is 0. The van der Waals surface area contributed by atoms with Crippen LogP contribution < -0.4 is 5.32 Å². The second-order valence-electron chi connectivity index (χ2n) is 2.67. The second-order valence-corrected chi connectivity index (χ2v) is 3.12. The number of amides is 1. The molecule has 0 heterocycles. The summed E-state index contributed by atoms with van der Waals surface area (Å²) in [6.45, 7) is 4.73. The molecule has 1 N–H and O–H groups in total. The Morgan fingerprint density at radius 1 is 1.60 bits per heavy atom. The van der Waals surface area contributed by atoms with Gasteiger partial charge in [0.05, 0.1) is 0 Å². The summed E-state index contributed by atoms with van der Waals surface area (Å²) in [6.07, 6.45) is 0.619. The summed E-state index contributed by atoms with van der Waals surface area (Å²) in [6, 6.07) is 0. The van der Waals surface area contributed by atoms with Gasteiger partial charge in [0.1, 0.15) is 0 Å². The van der Waals surface area contributed by atoms with Gasteiger partial charge in [-0.1, -0.05) is 13.8 Å². The van der Waals surface area contributed by atoms with Gasteiger partial charge >= 0.3 is 0 Å². The van der Waals surface area contributed by atoms with Gasteiger partial charge in [-0.25, -0.2) is 0 Å². The van der Waals surface area contributed by atoms with Gasteiger partial charge in [-0.3, -0.25) is 4.79 Å². The lowest BCUT2D eigenvalue weighted by Gasteiger charge is -2.04. The molecular weight excluding hydrogens is 146 g/mol. The molecule has 0 saturated heterocycles. The van der Waals surface area contributed by atoms with Crippen LogP contribution in [0.2, 0.25) is 0 Å². The first kappa shape index (κ1) is 9.82. The molecule has 0 radical (unpaired) electrons. The maximum atomic E-state index is 10.9. The van der Waals surface area contributed by atoms with Crippen molar-refractivity contribution in [3.05, 3.63) is 0 Å². The molecule has 0 unspecified atom stereocenters. The van der Waals surface area contributed by atoms with Crippen LogP contribution >= 0.6 is 12.6 Å². The van der Waals surface area contributed by atoms with Crippen molar-refractivity contribution in [2.24, 2.45) is 5.92 Å². The van der Waals surface area contributed by atoms with E-state index in [1.54, 1.807) is 0 Å². The van der Waals surface area contributed by atoms with Gasteiger partial charge in [-0.05, 0) is 5.92 Å². The lowest BCUT2D eigenvalue weighted by atomic mass is 10.1. The number of rotatable bonds is 4. The van der Waals surface area contributed by atoms with E-state index in [1.807, 2.05) is 13.8 Å². The molecule has 0 aliphatic carbocycles. The Balaban J connectivity index is 3.26. The molecule has 0 aliphatic heterocycles. The van der Waals surface area contributed by atoms with Crippen molar-refractivity contribution in [2.45, 2.75) is 20.3 Å². The van der Waals surface area contributed by atoms with E-state index in [2.05, 4.69) is 17.9 Å². The second kappa shape index (κ2) is 5.59. The summed E-state index contributed by atoms with van der Waals surface area (Å²) in [7, 11) is 0. The molecule has 2 nitrogen and oxygen atoms in total. The molecule has 0 rings (SSSR count). The Hall–Kier alpha value is -0.180. The minimum Gasteiger partial charge on any atom is -0.355 e. The van der Waals surface area contributed by atoms with Crippen LogP contribution in [0.5, 0.6) is 0 Å². The van der Waals surface area contributed by atoms with Gasteiger partial charge in [0.25, 0.3) is 0 Å². The molecule has 0 aromatic rings. The highest BCUT2D eigenvalue weighted by Crippen LogP contribution is 1.97. The van der Waals surface area contributed by atoms with Gasteiger partial charge < -0.3 is 5.32 Å². The lowest BCUT2D eigenvalue weighted by Crippen LogP contribution is -2.26. The maximum absolute atomic E-state index is 10.9. The topological polar surface area (TPSA) is 29.1 Å². The van der Waals surface area contributed by atoms with Gasteiger partial charge in [-0.15, -0.1) is 0 Å². The average molecular weight is 161 g/mol. The lowest BCUT2D eigenvalue weighted by molar-refractivity contribution is -0.121. The fraction of sp³-hybridized carbons (Fsp3) is 0.857. The van der Waals surface area contributed by atoms with E-state index in [4.69, 9.17) is 0 Å². The van der Waals surface area contributed by atoms with Crippen LogP contribution in [0.3, 0.4) is 0 Å². The van der Waals surface area contributed by atoms with Crippen LogP contribution in [0.25, 0.3) is 0 Å². The summed E-state index contributed by atoms with van der Waals surface area (Å²) in [5, 5.41) is 2.75. The van der Waals surface area contributed by atoms with Crippen molar-refractivity contribution in [2.75, 3.05) is 12.3 Å². The maximum Gasteiger partial charge on any atom is 0.220 e. The Morgan fingerprint density at radius 3 is 2.60 bits per heavy atom. The number of carbonyl (C=O) groups excluding carboxylic acids is 1. The van der Waals surface area contributed by atoms with E-state index < -0.39 is 0 Å². The Bertz CT molecular complexity index is 104. The molecule has 1 amide bonds. The predicted molar refractivity (Wildman–Crippen MR) is 46.3 cm³/mol. The minimum atomic E-state index is 0.129. The van der Waals surface area contributed by atoms with Crippen LogP contribution in [0.4, 0.5) is 0 Å². The van der Waals surface area contributed by atoms with Crippen LogP contribution in [0.1, 0.15) is 20.3 Å². The smallest absolute Gasteiger partial charge is 0.220 e. The van der Waals surface area contributed by atoms with Crippen molar-refractivity contribution in [3.63, 3.8) is 0 Å². The highest BCUT2D eigenvalue weighted by molar-refractivity contribution is 7.80. The first-order valence-corrected chi connectivity index (χ1v) is 4.17. The first-order valence-electron chi connectivity index (χ1n) is 3.54. The van der Waals surface area contributed by atoms with E-state index in [-0.39, 0.29) is 5.91 Å². The molecule has 0 fully saturated rings. The van der Waals surface area contributed by atoms with Crippen molar-refractivity contribution in [1.29, 1.82) is 0 Å². The van der Waals surface area contributed by atoms with E-state index in [9.17, 15) is 4.79 Å². The standard InChI is InChI=1S/C7H15NOS/c1-6(2)5-7(9)8-3-4-10/h6,10H,3-5H2,1-2H3,(H,8,9). The number of hydrogen-bond donors (Lipinski definition) is 2. The van der Waals surface area contributed by atoms with Crippen LogP contribution in [-0.2, 0) is 4.79 Å². The highest BCUT2D eigenvalue weighted by atomic mass is 32.1. The summed E-state index contributed by atoms with van der Waals surface area (Å²) in [5.74, 6) is 1.29. The molecule has 0 aromatic carbocycles. The third kappa shape index (κ3) is 5.95. The van der Waals surface area contributed by atoms with E-state index in [0.29, 0.717) is 24.6 Å². The summed E-state index contributed by atoms with van der Waals surface area (Å²) in [5.41, 5.74) is 0. The van der Waals surface area contributed by atoms with Crippen molar-refractivity contribution < 1.29 is 4.79 Å². The molecule has 0 aromatic heterocycles. The number of hydrogen-bond acceptors (Lipinski definition) is 2. The van der Waals surface area contributed by atoms with E-state index >= 15 is 0 Å². The zero-order valence-corrected chi connectivity index (χ0v) is 7.45. The number of carbonyl (C=O) groups is 1. The van der Waals surface area contributed by atoms with E-state index in [1.165, 1.54) is 0 Å². The monoisotopic (exact) mass is 161 g/mol. The Labute approximate surface area is 67.8 Å².